The first kappa shape index (κ1) is 27.0. The van der Waals surface area contributed by atoms with Crippen molar-refractivity contribution in [1.82, 2.24) is 5.32 Å². The number of hydrogen-bond acceptors (Lipinski definition) is 7. The summed E-state index contributed by atoms with van der Waals surface area (Å²) in [5, 5.41) is 5.67. The fourth-order valence-electron chi connectivity index (χ4n) is 3.28. The van der Waals surface area contributed by atoms with Crippen LogP contribution in [0.25, 0.3) is 16.2 Å². The van der Waals surface area contributed by atoms with Crippen LogP contribution in [0.2, 0.25) is 5.02 Å². The number of halogens is 1. The van der Waals surface area contributed by atoms with Gasteiger partial charge in [-0.2, -0.15) is 0 Å². The summed E-state index contributed by atoms with van der Waals surface area (Å²) in [5.74, 6) is -1.03. The molecule has 0 aliphatic carbocycles. The van der Waals surface area contributed by atoms with Crippen LogP contribution in [0, 0.1) is 5.41 Å². The Hall–Kier alpha value is -2.64. The number of amides is 1. The minimum atomic E-state index is -3.68. The molecule has 3 aromatic rings. The maximum atomic E-state index is 13.7. The van der Waals surface area contributed by atoms with E-state index >= 15 is 0 Å². The summed E-state index contributed by atoms with van der Waals surface area (Å²) in [4.78, 5) is 25.4. The Balaban J connectivity index is 1.89. The molecule has 0 radical (unpaired) electrons. The smallest absolute Gasteiger partial charge is 0.313 e. The monoisotopic (exact) mass is 534 g/mol. The molecule has 3 N–H and O–H groups in total. The Labute approximate surface area is 213 Å². The molecule has 1 amide bonds. The molecule has 0 spiro atoms. The van der Waals surface area contributed by atoms with Gasteiger partial charge < -0.3 is 15.8 Å². The number of ether oxygens (including phenoxy) is 1. The van der Waals surface area contributed by atoms with Crippen LogP contribution in [-0.2, 0) is 23.4 Å². The zero-order valence-electron chi connectivity index (χ0n) is 19.9. The maximum absolute atomic E-state index is 13.7. The third-order valence-corrected chi connectivity index (χ3v) is 8.39. The molecule has 3 rings (SSSR count). The lowest BCUT2D eigenvalue weighted by Gasteiger charge is -2.24. The van der Waals surface area contributed by atoms with E-state index in [1.54, 1.807) is 62.6 Å². The molecule has 35 heavy (non-hydrogen) atoms. The maximum Gasteiger partial charge on any atom is 0.313 e. The molecule has 0 aliphatic heterocycles. The molecule has 2 unspecified atom stereocenters. The number of nitrogens with two attached hydrogens (primary N) is 1. The average molecular weight is 535 g/mol. The zero-order chi connectivity index (χ0) is 25.8. The SMILES string of the molecule is CC(C)(C)C(=O)OCOP(C)(=O)C(C(=O)NC=Cc1cccc(N)c1)c1csc2ccc(Cl)cc12. The number of hydrogen-bond donors (Lipinski definition) is 2. The van der Waals surface area contributed by atoms with Crippen molar-refractivity contribution >= 4 is 64.0 Å². The van der Waals surface area contributed by atoms with Gasteiger partial charge in [0.2, 0.25) is 13.3 Å². The highest BCUT2D eigenvalue weighted by Gasteiger charge is 2.39. The first-order chi connectivity index (χ1) is 16.4. The molecule has 2 atom stereocenters. The predicted octanol–water partition coefficient (Wildman–Crippen LogP) is 6.44. The molecule has 2 aromatic carbocycles. The largest absolute Gasteiger partial charge is 0.438 e. The second-order valence-corrected chi connectivity index (χ2v) is 13.0. The molecule has 7 nitrogen and oxygen atoms in total. The van der Waals surface area contributed by atoms with Gasteiger partial charge in [-0.05, 0) is 79.1 Å². The molecule has 1 heterocycles. The van der Waals surface area contributed by atoms with Crippen LogP contribution in [0.1, 0.15) is 37.6 Å². The number of fused-ring (bicyclic) bond motifs is 1. The molecular formula is C25H28ClN2O5PS. The van der Waals surface area contributed by atoms with E-state index in [1.165, 1.54) is 24.2 Å². The van der Waals surface area contributed by atoms with Gasteiger partial charge in [0.05, 0.1) is 5.41 Å². The number of nitrogen functional groups attached to an aromatic ring is 1. The molecule has 0 aliphatic rings. The Morgan fingerprint density at radius 1 is 1.23 bits per heavy atom. The fraction of sp³-hybridized carbons (Fsp3) is 0.280. The van der Waals surface area contributed by atoms with E-state index in [0.717, 1.165) is 10.3 Å². The molecular weight excluding hydrogens is 507 g/mol. The van der Waals surface area contributed by atoms with Gasteiger partial charge in [0.25, 0.3) is 0 Å². The van der Waals surface area contributed by atoms with E-state index in [2.05, 4.69) is 5.32 Å². The first-order valence-electron chi connectivity index (χ1n) is 10.8. The van der Waals surface area contributed by atoms with Gasteiger partial charge in [-0.15, -0.1) is 11.3 Å². The summed E-state index contributed by atoms with van der Waals surface area (Å²) in [6, 6.07) is 12.5. The number of rotatable bonds is 8. The van der Waals surface area contributed by atoms with Crippen molar-refractivity contribution in [2.75, 3.05) is 19.2 Å². The normalized spacial score (nSPS) is 14.5. The molecule has 0 bridgehead atoms. The number of carbonyl (C=O) groups excluding carboxylic acids is 2. The van der Waals surface area contributed by atoms with Crippen LogP contribution in [0.15, 0.2) is 54.0 Å². The van der Waals surface area contributed by atoms with Crippen LogP contribution < -0.4 is 11.1 Å². The fourth-order valence-corrected chi connectivity index (χ4v) is 6.15. The molecule has 0 saturated carbocycles. The van der Waals surface area contributed by atoms with Gasteiger partial charge in [0.1, 0.15) is 5.66 Å². The second kappa shape index (κ2) is 11.0. The minimum absolute atomic E-state index is 0.490. The Morgan fingerprint density at radius 2 is 1.97 bits per heavy atom. The van der Waals surface area contributed by atoms with E-state index in [4.69, 9.17) is 26.6 Å². The van der Waals surface area contributed by atoms with Gasteiger partial charge in [0.15, 0.2) is 6.79 Å². The van der Waals surface area contributed by atoms with Gasteiger partial charge in [0, 0.05) is 28.3 Å². The molecule has 186 valence electrons. The minimum Gasteiger partial charge on any atom is -0.438 e. The van der Waals surface area contributed by atoms with Crippen molar-refractivity contribution in [2.45, 2.75) is 26.4 Å². The molecule has 10 heteroatoms. The highest BCUT2D eigenvalue weighted by Crippen LogP contribution is 2.59. The average Bonchev–Trinajstić information content (AvgIpc) is 3.15. The summed E-state index contributed by atoms with van der Waals surface area (Å²) in [7, 11) is -3.68. The summed E-state index contributed by atoms with van der Waals surface area (Å²) in [5.41, 5.74) is 5.80. The molecule has 1 aromatic heterocycles. The van der Waals surface area contributed by atoms with E-state index in [9.17, 15) is 14.2 Å². The van der Waals surface area contributed by atoms with Crippen molar-refractivity contribution in [3.05, 3.63) is 70.2 Å². The third kappa shape index (κ3) is 6.95. The summed E-state index contributed by atoms with van der Waals surface area (Å²) in [6.07, 6.45) is 3.14. The number of benzene rings is 2. The molecule has 0 fully saturated rings. The highest BCUT2D eigenvalue weighted by molar-refractivity contribution is 7.59. The number of carbonyl (C=O) groups is 2. The summed E-state index contributed by atoms with van der Waals surface area (Å²) in [6.45, 7) is 5.93. The first-order valence-corrected chi connectivity index (χ1v) is 14.2. The quantitative estimate of drug-likeness (QED) is 0.149. The van der Waals surface area contributed by atoms with Gasteiger partial charge in [-0.3, -0.25) is 18.7 Å². The lowest BCUT2D eigenvalue weighted by molar-refractivity contribution is -0.159. The van der Waals surface area contributed by atoms with Crippen molar-refractivity contribution < 1.29 is 23.4 Å². The van der Waals surface area contributed by atoms with Crippen molar-refractivity contribution in [3.63, 3.8) is 0 Å². The van der Waals surface area contributed by atoms with Crippen molar-refractivity contribution in [1.29, 1.82) is 0 Å². The topological polar surface area (TPSA) is 108 Å². The van der Waals surface area contributed by atoms with Gasteiger partial charge in [-0.25, -0.2) is 0 Å². The van der Waals surface area contributed by atoms with Crippen LogP contribution in [0.3, 0.4) is 0 Å². The van der Waals surface area contributed by atoms with E-state index in [0.29, 0.717) is 21.7 Å². The predicted molar refractivity (Wildman–Crippen MR) is 143 cm³/mol. The third-order valence-electron chi connectivity index (χ3n) is 5.10. The van der Waals surface area contributed by atoms with Crippen LogP contribution in [0.5, 0.6) is 0 Å². The Kier molecular flexibility index (Phi) is 8.44. The van der Waals surface area contributed by atoms with Crippen LogP contribution in [-0.4, -0.2) is 25.3 Å². The summed E-state index contributed by atoms with van der Waals surface area (Å²) >= 11 is 7.60. The number of esters is 1. The van der Waals surface area contributed by atoms with Crippen LogP contribution >= 0.6 is 30.3 Å². The molecule has 0 saturated heterocycles. The summed E-state index contributed by atoms with van der Waals surface area (Å²) < 4.78 is 25.3. The number of nitrogens with one attached hydrogen (secondary N) is 1. The Bertz CT molecular complexity index is 1310. The standard InChI is InChI=1S/C25H28ClN2O5PS/c1-25(2,3)24(30)32-15-33-34(4,31)22(20-14-35-21-9-8-17(26)13-19(20)21)23(29)28-11-10-16-6-5-7-18(27)12-16/h5-14,22H,15,27H2,1-4H3,(H,28,29). The van der Waals surface area contributed by atoms with Crippen molar-refractivity contribution in [3.8, 4) is 0 Å². The van der Waals surface area contributed by atoms with E-state index in [1.807, 2.05) is 12.1 Å². The van der Waals surface area contributed by atoms with Gasteiger partial charge >= 0.3 is 5.97 Å². The van der Waals surface area contributed by atoms with Crippen LogP contribution in [0.4, 0.5) is 5.69 Å². The lowest BCUT2D eigenvalue weighted by Crippen LogP contribution is -2.27. The number of thiophene rings is 1. The highest BCUT2D eigenvalue weighted by atomic mass is 35.5. The van der Waals surface area contributed by atoms with Crippen molar-refractivity contribution in [2.24, 2.45) is 5.41 Å². The Morgan fingerprint density at radius 3 is 2.66 bits per heavy atom. The number of anilines is 1. The zero-order valence-corrected chi connectivity index (χ0v) is 22.4. The van der Waals surface area contributed by atoms with Gasteiger partial charge in [-0.1, -0.05) is 23.7 Å². The second-order valence-electron chi connectivity index (χ2n) is 9.08. The lowest BCUT2D eigenvalue weighted by atomic mass is 9.98. The van der Waals surface area contributed by atoms with E-state index in [-0.39, 0.29) is 0 Å². The van der Waals surface area contributed by atoms with E-state index < -0.39 is 37.1 Å².